The van der Waals surface area contributed by atoms with Crippen LogP contribution < -0.4 is 0 Å². The van der Waals surface area contributed by atoms with Gasteiger partial charge in [0.05, 0.1) is 7.11 Å². The molecule has 0 amide bonds. The average molecular weight is 176 g/mol. The topological polar surface area (TPSA) is 43.4 Å². The van der Waals surface area contributed by atoms with Crippen LogP contribution in [-0.4, -0.2) is 24.1 Å². The van der Waals surface area contributed by atoms with E-state index >= 15 is 0 Å². The van der Waals surface area contributed by atoms with Gasteiger partial charge in [0.1, 0.15) is 0 Å². The fraction of sp³-hybridized carbons (Fsp3) is 0.714. The fourth-order valence-electron chi connectivity index (χ4n) is 0.626. The van der Waals surface area contributed by atoms with Crippen molar-refractivity contribution in [2.24, 2.45) is 0 Å². The van der Waals surface area contributed by atoms with Crippen molar-refractivity contribution in [2.75, 3.05) is 7.11 Å². The standard InChI is InChI=1S/C7H12O3S/c1-3-4-5(8)6(11)7(9)10-2/h6,11H,3-4H2,1-2H3. The molecule has 0 rings (SSSR count). The summed E-state index contributed by atoms with van der Waals surface area (Å²) in [6.07, 6.45) is 1.11. The third-order valence-electron chi connectivity index (χ3n) is 1.23. The lowest BCUT2D eigenvalue weighted by molar-refractivity contribution is -0.142. The van der Waals surface area contributed by atoms with Gasteiger partial charge in [0.15, 0.2) is 11.0 Å². The number of methoxy groups -OCH3 is 1. The van der Waals surface area contributed by atoms with E-state index in [0.717, 1.165) is 6.42 Å². The van der Waals surface area contributed by atoms with Crippen LogP contribution in [0.3, 0.4) is 0 Å². The third-order valence-corrected chi connectivity index (χ3v) is 1.72. The van der Waals surface area contributed by atoms with E-state index in [2.05, 4.69) is 17.4 Å². The quantitative estimate of drug-likeness (QED) is 0.392. The highest BCUT2D eigenvalue weighted by molar-refractivity contribution is 7.82. The Labute approximate surface area is 71.5 Å². The highest BCUT2D eigenvalue weighted by Gasteiger charge is 2.21. The Kier molecular flexibility index (Phi) is 4.94. The molecule has 0 saturated carbocycles. The number of Topliss-reactive ketones (excluding diaryl/α,β-unsaturated/α-hetero) is 1. The summed E-state index contributed by atoms with van der Waals surface area (Å²) in [4.78, 5) is 21.7. The molecule has 0 heterocycles. The van der Waals surface area contributed by atoms with Crippen LogP contribution in [0.5, 0.6) is 0 Å². The van der Waals surface area contributed by atoms with E-state index in [-0.39, 0.29) is 5.78 Å². The second-order valence-electron chi connectivity index (χ2n) is 2.14. The molecule has 11 heavy (non-hydrogen) atoms. The Morgan fingerprint density at radius 1 is 1.55 bits per heavy atom. The van der Waals surface area contributed by atoms with Crippen molar-refractivity contribution in [3.63, 3.8) is 0 Å². The van der Waals surface area contributed by atoms with Gasteiger partial charge in [-0.25, -0.2) is 0 Å². The third kappa shape index (κ3) is 3.41. The van der Waals surface area contributed by atoms with E-state index in [1.165, 1.54) is 7.11 Å². The van der Waals surface area contributed by atoms with Crippen LogP contribution in [0, 0.1) is 0 Å². The predicted octanol–water partition coefficient (Wildman–Crippen LogP) is 0.827. The molecule has 0 aromatic carbocycles. The van der Waals surface area contributed by atoms with Crippen LogP contribution in [0.25, 0.3) is 0 Å². The van der Waals surface area contributed by atoms with Gasteiger partial charge in [0.25, 0.3) is 0 Å². The van der Waals surface area contributed by atoms with Crippen molar-refractivity contribution in [3.05, 3.63) is 0 Å². The highest BCUT2D eigenvalue weighted by atomic mass is 32.1. The summed E-state index contributed by atoms with van der Waals surface area (Å²) in [7, 11) is 1.24. The first-order chi connectivity index (χ1) is 5.13. The molecule has 0 spiro atoms. The lowest BCUT2D eigenvalue weighted by Crippen LogP contribution is -2.25. The minimum absolute atomic E-state index is 0.178. The van der Waals surface area contributed by atoms with Crippen molar-refractivity contribution in [1.29, 1.82) is 0 Å². The summed E-state index contributed by atoms with van der Waals surface area (Å²) in [5.41, 5.74) is 0. The zero-order valence-corrected chi connectivity index (χ0v) is 7.56. The molecule has 0 radical (unpaired) electrons. The summed E-state index contributed by atoms with van der Waals surface area (Å²) in [6.45, 7) is 1.87. The first-order valence-corrected chi connectivity index (χ1v) is 3.93. The van der Waals surface area contributed by atoms with Gasteiger partial charge in [-0.1, -0.05) is 6.92 Å². The molecular weight excluding hydrogens is 164 g/mol. The molecule has 0 aliphatic heterocycles. The zero-order chi connectivity index (χ0) is 8.85. The van der Waals surface area contributed by atoms with Gasteiger partial charge in [-0.05, 0) is 6.42 Å². The average Bonchev–Trinajstić information content (AvgIpc) is 2.02. The smallest absolute Gasteiger partial charge is 0.326 e. The molecular formula is C7H12O3S. The highest BCUT2D eigenvalue weighted by Crippen LogP contribution is 2.03. The number of esters is 1. The summed E-state index contributed by atoms with van der Waals surface area (Å²) in [5, 5.41) is -0.903. The van der Waals surface area contributed by atoms with Crippen LogP contribution in [-0.2, 0) is 14.3 Å². The van der Waals surface area contributed by atoms with Crippen LogP contribution in [0.4, 0.5) is 0 Å². The normalized spacial score (nSPS) is 12.3. The van der Waals surface area contributed by atoms with Crippen molar-refractivity contribution in [3.8, 4) is 0 Å². The second kappa shape index (κ2) is 5.18. The number of ketones is 1. The Bertz CT molecular complexity index is 156. The maximum absolute atomic E-state index is 11.0. The number of thiol groups is 1. The molecule has 0 aromatic heterocycles. The van der Waals surface area contributed by atoms with E-state index in [0.29, 0.717) is 6.42 Å². The van der Waals surface area contributed by atoms with Crippen molar-refractivity contribution in [1.82, 2.24) is 0 Å². The summed E-state index contributed by atoms with van der Waals surface area (Å²) < 4.78 is 4.34. The first-order valence-electron chi connectivity index (χ1n) is 3.42. The molecule has 1 atom stereocenters. The molecule has 0 aromatic rings. The van der Waals surface area contributed by atoms with Gasteiger partial charge in [0, 0.05) is 6.42 Å². The Morgan fingerprint density at radius 3 is 2.45 bits per heavy atom. The van der Waals surface area contributed by atoms with E-state index < -0.39 is 11.2 Å². The Morgan fingerprint density at radius 2 is 2.09 bits per heavy atom. The maximum atomic E-state index is 11.0. The summed E-state index contributed by atoms with van der Waals surface area (Å²) in [5.74, 6) is -0.755. The molecule has 0 saturated heterocycles. The minimum Gasteiger partial charge on any atom is -0.468 e. The number of carbonyl (C=O) groups excluding carboxylic acids is 2. The van der Waals surface area contributed by atoms with Gasteiger partial charge in [-0.2, -0.15) is 12.6 Å². The summed E-state index contributed by atoms with van der Waals surface area (Å²) in [6, 6.07) is 0. The lowest BCUT2D eigenvalue weighted by atomic mass is 10.2. The van der Waals surface area contributed by atoms with Crippen LogP contribution in [0.15, 0.2) is 0 Å². The largest absolute Gasteiger partial charge is 0.468 e. The van der Waals surface area contributed by atoms with Crippen LogP contribution in [0.2, 0.25) is 0 Å². The van der Waals surface area contributed by atoms with Crippen molar-refractivity contribution in [2.45, 2.75) is 25.0 Å². The molecule has 0 N–H and O–H groups in total. The molecule has 0 aliphatic rings. The molecule has 0 fully saturated rings. The Balaban J connectivity index is 3.91. The number of hydrogen-bond donors (Lipinski definition) is 1. The fourth-order valence-corrected chi connectivity index (χ4v) is 0.861. The number of hydrogen-bond acceptors (Lipinski definition) is 4. The predicted molar refractivity (Wildman–Crippen MR) is 44.7 cm³/mol. The molecule has 4 heteroatoms. The number of rotatable bonds is 4. The Hall–Kier alpha value is -0.510. The van der Waals surface area contributed by atoms with Crippen molar-refractivity contribution < 1.29 is 14.3 Å². The summed E-state index contributed by atoms with van der Waals surface area (Å²) >= 11 is 3.81. The van der Waals surface area contributed by atoms with Gasteiger partial charge >= 0.3 is 5.97 Å². The molecule has 1 unspecified atom stereocenters. The zero-order valence-electron chi connectivity index (χ0n) is 6.66. The maximum Gasteiger partial charge on any atom is 0.326 e. The molecule has 3 nitrogen and oxygen atoms in total. The molecule has 0 aliphatic carbocycles. The van der Waals surface area contributed by atoms with Gasteiger partial charge in [-0.15, -0.1) is 0 Å². The number of ether oxygens (including phenoxy) is 1. The van der Waals surface area contributed by atoms with Gasteiger partial charge in [0.2, 0.25) is 0 Å². The van der Waals surface area contributed by atoms with E-state index in [1.807, 2.05) is 6.92 Å². The lowest BCUT2D eigenvalue weighted by Gasteiger charge is -2.05. The van der Waals surface area contributed by atoms with Crippen LogP contribution >= 0.6 is 12.6 Å². The van der Waals surface area contributed by atoms with Gasteiger partial charge < -0.3 is 4.74 Å². The monoisotopic (exact) mass is 176 g/mol. The van der Waals surface area contributed by atoms with Gasteiger partial charge in [-0.3, -0.25) is 9.59 Å². The van der Waals surface area contributed by atoms with E-state index in [1.54, 1.807) is 0 Å². The second-order valence-corrected chi connectivity index (χ2v) is 2.66. The molecule has 0 bridgehead atoms. The first kappa shape index (κ1) is 10.5. The van der Waals surface area contributed by atoms with E-state index in [4.69, 9.17) is 0 Å². The molecule has 64 valence electrons. The number of carbonyl (C=O) groups is 2. The SMILES string of the molecule is CCCC(=O)C(S)C(=O)OC. The minimum atomic E-state index is -0.903. The van der Waals surface area contributed by atoms with Crippen molar-refractivity contribution >= 4 is 24.4 Å². The van der Waals surface area contributed by atoms with Crippen LogP contribution in [0.1, 0.15) is 19.8 Å². The van der Waals surface area contributed by atoms with E-state index in [9.17, 15) is 9.59 Å².